The summed E-state index contributed by atoms with van der Waals surface area (Å²) in [5.41, 5.74) is 6.87. The van der Waals surface area contributed by atoms with Gasteiger partial charge < -0.3 is 10.5 Å². The molecule has 0 saturated heterocycles. The number of hydrogen-bond acceptors (Lipinski definition) is 4. The first-order valence-electron chi connectivity index (χ1n) is 6.19. The fourth-order valence-corrected chi connectivity index (χ4v) is 3.59. The summed E-state index contributed by atoms with van der Waals surface area (Å²) in [6, 6.07) is 13.7. The number of methoxy groups -OCH3 is 1. The van der Waals surface area contributed by atoms with Crippen LogP contribution in [0.25, 0.3) is 0 Å². The Balaban J connectivity index is 2.51. The Morgan fingerprint density at radius 2 is 1.75 bits per heavy atom. The first-order valence-corrected chi connectivity index (χ1v) is 7.74. The maximum atomic E-state index is 12.7. The van der Waals surface area contributed by atoms with Crippen LogP contribution in [0.4, 0.5) is 5.69 Å². The minimum absolute atomic E-state index is 0.158. The van der Waals surface area contributed by atoms with Crippen LogP contribution in [0.15, 0.2) is 53.4 Å². The first kappa shape index (κ1) is 14.4. The van der Waals surface area contributed by atoms with Crippen molar-refractivity contribution in [3.05, 3.63) is 54.1 Å². The maximum Gasteiger partial charge on any atom is 0.188 e. The molecule has 0 aliphatic heterocycles. The fourth-order valence-electron chi connectivity index (χ4n) is 2.01. The zero-order valence-corrected chi connectivity index (χ0v) is 12.2. The largest absolute Gasteiger partial charge is 0.495 e. The summed E-state index contributed by atoms with van der Waals surface area (Å²) in [5, 5.41) is -0.652. The molecule has 0 radical (unpaired) electrons. The van der Waals surface area contributed by atoms with E-state index in [0.29, 0.717) is 5.69 Å². The van der Waals surface area contributed by atoms with Crippen molar-refractivity contribution in [2.75, 3.05) is 12.8 Å². The van der Waals surface area contributed by atoms with Crippen LogP contribution in [0.1, 0.15) is 17.7 Å². The number of nitrogens with two attached hydrogens (primary N) is 1. The molecule has 1 unspecified atom stereocenters. The Kier molecular flexibility index (Phi) is 3.99. The van der Waals surface area contributed by atoms with E-state index in [1.807, 2.05) is 18.2 Å². The number of nitrogen functional groups attached to an aromatic ring is 1. The number of benzene rings is 2. The molecule has 2 rings (SSSR count). The van der Waals surface area contributed by atoms with Gasteiger partial charge in [-0.1, -0.05) is 30.3 Å². The SMILES string of the molecule is COc1cc(N)ccc1S(=O)(=O)C(C)c1ccccc1. The van der Waals surface area contributed by atoms with Crippen molar-refractivity contribution in [1.82, 2.24) is 0 Å². The van der Waals surface area contributed by atoms with E-state index in [4.69, 9.17) is 10.5 Å². The fraction of sp³-hybridized carbons (Fsp3) is 0.200. The van der Waals surface area contributed by atoms with Gasteiger partial charge in [-0.15, -0.1) is 0 Å². The third-order valence-corrected chi connectivity index (χ3v) is 5.38. The molecule has 0 bridgehead atoms. The molecule has 2 N–H and O–H groups in total. The standard InChI is InChI=1S/C15H17NO3S/c1-11(12-6-4-3-5-7-12)20(17,18)15-9-8-13(16)10-14(15)19-2/h3-11H,16H2,1-2H3. The molecule has 0 aliphatic carbocycles. The van der Waals surface area contributed by atoms with E-state index >= 15 is 0 Å². The molecule has 2 aromatic carbocycles. The summed E-state index contributed by atoms with van der Waals surface area (Å²) in [5.74, 6) is 0.271. The normalized spacial score (nSPS) is 12.9. The second-order valence-corrected chi connectivity index (χ2v) is 6.75. The molecule has 0 fully saturated rings. The van der Waals surface area contributed by atoms with E-state index in [1.54, 1.807) is 25.1 Å². The maximum absolute atomic E-state index is 12.7. The van der Waals surface area contributed by atoms with Crippen molar-refractivity contribution >= 4 is 15.5 Å². The van der Waals surface area contributed by atoms with E-state index in [-0.39, 0.29) is 10.6 Å². The molecule has 0 saturated carbocycles. The Labute approximate surface area is 119 Å². The third kappa shape index (κ3) is 2.63. The van der Waals surface area contributed by atoms with E-state index in [2.05, 4.69) is 0 Å². The number of anilines is 1. The molecule has 106 valence electrons. The van der Waals surface area contributed by atoms with Gasteiger partial charge in [-0.2, -0.15) is 0 Å². The smallest absolute Gasteiger partial charge is 0.188 e. The van der Waals surface area contributed by atoms with Crippen molar-refractivity contribution in [3.8, 4) is 5.75 Å². The van der Waals surface area contributed by atoms with Crippen molar-refractivity contribution in [3.63, 3.8) is 0 Å². The van der Waals surface area contributed by atoms with Crippen LogP contribution in [-0.4, -0.2) is 15.5 Å². The number of rotatable bonds is 4. The van der Waals surface area contributed by atoms with Crippen LogP contribution in [0.3, 0.4) is 0 Å². The van der Waals surface area contributed by atoms with Crippen molar-refractivity contribution in [2.24, 2.45) is 0 Å². The summed E-state index contributed by atoms with van der Waals surface area (Å²) < 4.78 is 30.5. The van der Waals surface area contributed by atoms with Gasteiger partial charge in [-0.3, -0.25) is 0 Å². The molecular formula is C15H17NO3S. The Hall–Kier alpha value is -2.01. The van der Waals surface area contributed by atoms with Gasteiger partial charge in [0.2, 0.25) is 0 Å². The summed E-state index contributed by atoms with van der Waals surface area (Å²) in [4.78, 5) is 0.158. The zero-order valence-electron chi connectivity index (χ0n) is 11.4. The highest BCUT2D eigenvalue weighted by molar-refractivity contribution is 7.91. The minimum Gasteiger partial charge on any atom is -0.495 e. The molecule has 2 aromatic rings. The number of sulfone groups is 1. The third-order valence-electron chi connectivity index (χ3n) is 3.23. The van der Waals surface area contributed by atoms with Crippen LogP contribution < -0.4 is 10.5 Å². The molecule has 20 heavy (non-hydrogen) atoms. The van der Waals surface area contributed by atoms with Crippen LogP contribution in [0.2, 0.25) is 0 Å². The summed E-state index contributed by atoms with van der Waals surface area (Å²) in [7, 11) is -2.10. The lowest BCUT2D eigenvalue weighted by atomic mass is 10.2. The second-order valence-electron chi connectivity index (χ2n) is 4.51. The molecule has 5 heteroatoms. The molecule has 4 nitrogen and oxygen atoms in total. The van der Waals surface area contributed by atoms with Gasteiger partial charge in [0.15, 0.2) is 9.84 Å². The lowest BCUT2D eigenvalue weighted by molar-refractivity contribution is 0.402. The summed E-state index contributed by atoms with van der Waals surface area (Å²) in [6.07, 6.45) is 0. The molecule has 1 atom stereocenters. The Morgan fingerprint density at radius 3 is 2.35 bits per heavy atom. The van der Waals surface area contributed by atoms with Crippen LogP contribution in [0.5, 0.6) is 5.75 Å². The second kappa shape index (κ2) is 5.54. The lowest BCUT2D eigenvalue weighted by Gasteiger charge is -2.16. The molecule has 0 amide bonds. The Bertz CT molecular complexity index is 696. The highest BCUT2D eigenvalue weighted by atomic mass is 32.2. The summed E-state index contributed by atoms with van der Waals surface area (Å²) >= 11 is 0. The van der Waals surface area contributed by atoms with Crippen molar-refractivity contribution in [2.45, 2.75) is 17.1 Å². The monoisotopic (exact) mass is 291 g/mol. The molecule has 0 heterocycles. The average Bonchev–Trinajstić information content (AvgIpc) is 2.46. The van der Waals surface area contributed by atoms with Crippen LogP contribution in [-0.2, 0) is 9.84 Å². The van der Waals surface area contributed by atoms with E-state index in [9.17, 15) is 8.42 Å². The predicted octanol–water partition coefficient (Wildman–Crippen LogP) is 2.81. The van der Waals surface area contributed by atoms with Gasteiger partial charge in [0.05, 0.1) is 12.4 Å². The van der Waals surface area contributed by atoms with Gasteiger partial charge in [0, 0.05) is 11.8 Å². The van der Waals surface area contributed by atoms with Gasteiger partial charge in [-0.05, 0) is 24.6 Å². The molecule has 0 spiro atoms. The van der Waals surface area contributed by atoms with Gasteiger partial charge in [0.1, 0.15) is 10.6 Å². The average molecular weight is 291 g/mol. The van der Waals surface area contributed by atoms with Gasteiger partial charge in [-0.25, -0.2) is 8.42 Å². The molecule has 0 aromatic heterocycles. The topological polar surface area (TPSA) is 69.4 Å². The highest BCUT2D eigenvalue weighted by Crippen LogP contribution is 2.34. The van der Waals surface area contributed by atoms with Crippen LogP contribution >= 0.6 is 0 Å². The van der Waals surface area contributed by atoms with Crippen LogP contribution in [0, 0.1) is 0 Å². The predicted molar refractivity (Wildman–Crippen MR) is 79.4 cm³/mol. The number of hydrogen-bond donors (Lipinski definition) is 1. The van der Waals surface area contributed by atoms with E-state index in [0.717, 1.165) is 5.56 Å². The van der Waals surface area contributed by atoms with E-state index in [1.165, 1.54) is 19.2 Å². The number of ether oxygens (including phenoxy) is 1. The van der Waals surface area contributed by atoms with Gasteiger partial charge >= 0.3 is 0 Å². The quantitative estimate of drug-likeness (QED) is 0.879. The van der Waals surface area contributed by atoms with E-state index < -0.39 is 15.1 Å². The zero-order chi connectivity index (χ0) is 14.8. The molecular weight excluding hydrogens is 274 g/mol. The van der Waals surface area contributed by atoms with Crippen molar-refractivity contribution < 1.29 is 13.2 Å². The first-order chi connectivity index (χ1) is 9.46. The Morgan fingerprint density at radius 1 is 1.10 bits per heavy atom. The highest BCUT2D eigenvalue weighted by Gasteiger charge is 2.27. The van der Waals surface area contributed by atoms with Gasteiger partial charge in [0.25, 0.3) is 0 Å². The summed E-state index contributed by atoms with van der Waals surface area (Å²) in [6.45, 7) is 1.67. The molecule has 0 aliphatic rings. The minimum atomic E-state index is -3.53. The lowest BCUT2D eigenvalue weighted by Crippen LogP contribution is -2.12. The van der Waals surface area contributed by atoms with Crippen molar-refractivity contribution in [1.29, 1.82) is 0 Å².